The molecule has 0 aliphatic carbocycles. The summed E-state index contributed by atoms with van der Waals surface area (Å²) in [6, 6.07) is 1.63. The van der Waals surface area contributed by atoms with Crippen LogP contribution in [-0.4, -0.2) is 35.1 Å². The van der Waals surface area contributed by atoms with Crippen molar-refractivity contribution >= 4 is 13.5 Å². The Morgan fingerprint density at radius 1 is 1.28 bits per heavy atom. The molecule has 0 N–H and O–H groups in total. The Morgan fingerprint density at radius 2 is 1.89 bits per heavy atom. The third-order valence-corrected chi connectivity index (χ3v) is 3.88. The van der Waals surface area contributed by atoms with E-state index in [0.717, 1.165) is 17.5 Å². The highest BCUT2D eigenvalue weighted by Crippen LogP contribution is 2.48. The summed E-state index contributed by atoms with van der Waals surface area (Å²) in [5, 5.41) is 3.80. The van der Waals surface area contributed by atoms with Crippen molar-refractivity contribution in [3.05, 3.63) is 18.5 Å². The smallest absolute Gasteiger partial charge is 0.308 e. The second-order valence-corrected chi connectivity index (χ2v) is 5.83. The van der Waals surface area contributed by atoms with Gasteiger partial charge in [-0.1, -0.05) is 13.8 Å². The fraction of sp³-hybridized carbons (Fsp3) is 0.636. The summed E-state index contributed by atoms with van der Waals surface area (Å²) in [5.41, 5.74) is 0. The minimum absolute atomic E-state index is 0.283. The van der Waals surface area contributed by atoms with Gasteiger partial charge in [-0.2, -0.15) is 5.10 Å². The molecular weight excluding hydrogens is 255 g/mol. The van der Waals surface area contributed by atoms with Gasteiger partial charge in [-0.3, -0.25) is 9.36 Å². The maximum atomic E-state index is 12.3. The number of nitrogens with zero attached hydrogens (tertiary/aromatic N) is 2. The second kappa shape index (κ2) is 7.46. The molecular formula is C11H19N2O4P. The zero-order valence-corrected chi connectivity index (χ0v) is 11.6. The normalized spacial score (nSPS) is 11.7. The molecule has 1 rings (SSSR count). The third-order valence-electron chi connectivity index (χ3n) is 2.07. The molecule has 0 aliphatic heterocycles. The first-order valence-electron chi connectivity index (χ1n) is 6.02. The lowest BCUT2D eigenvalue weighted by atomic mass is 10.5. The maximum absolute atomic E-state index is 12.3. The highest BCUT2D eigenvalue weighted by atomic mass is 31.2. The predicted molar refractivity (Wildman–Crippen MR) is 67.8 cm³/mol. The van der Waals surface area contributed by atoms with Gasteiger partial charge in [-0.05, 0) is 18.9 Å². The highest BCUT2D eigenvalue weighted by Gasteiger charge is 2.29. The zero-order valence-electron chi connectivity index (χ0n) is 10.7. The van der Waals surface area contributed by atoms with Gasteiger partial charge in [-0.15, -0.1) is 0 Å². The second-order valence-electron chi connectivity index (χ2n) is 3.78. The fourth-order valence-corrected chi connectivity index (χ4v) is 2.90. The van der Waals surface area contributed by atoms with Crippen LogP contribution in [0.2, 0.25) is 0 Å². The van der Waals surface area contributed by atoms with E-state index < -0.39 is 13.5 Å². The monoisotopic (exact) mass is 274 g/mol. The summed E-state index contributed by atoms with van der Waals surface area (Å²) in [5.74, 6) is -0.393. The van der Waals surface area contributed by atoms with Crippen LogP contribution in [0, 0.1) is 0 Å². The van der Waals surface area contributed by atoms with Crippen LogP contribution < -0.4 is 0 Å². The molecule has 1 aromatic heterocycles. The maximum Gasteiger partial charge on any atom is 0.340 e. The topological polar surface area (TPSA) is 70.4 Å². The third kappa shape index (κ3) is 4.72. The molecule has 6 nitrogen and oxygen atoms in total. The molecule has 0 saturated heterocycles. The van der Waals surface area contributed by atoms with E-state index in [1.54, 1.807) is 6.07 Å². The number of aromatic nitrogens is 2. The molecule has 0 radical (unpaired) electrons. The molecule has 0 unspecified atom stereocenters. The van der Waals surface area contributed by atoms with E-state index in [0.29, 0.717) is 13.2 Å². The van der Waals surface area contributed by atoms with E-state index in [2.05, 4.69) is 5.10 Å². The fourth-order valence-electron chi connectivity index (χ4n) is 1.24. The summed E-state index contributed by atoms with van der Waals surface area (Å²) in [6.45, 7) is 4.43. The molecule has 0 aliphatic rings. The lowest BCUT2D eigenvalue weighted by molar-refractivity contribution is 0.0911. The van der Waals surface area contributed by atoms with E-state index in [1.807, 2.05) is 13.8 Å². The van der Waals surface area contributed by atoms with Crippen LogP contribution in [0.5, 0.6) is 0 Å². The van der Waals surface area contributed by atoms with Crippen LogP contribution in [0.1, 0.15) is 31.5 Å². The summed E-state index contributed by atoms with van der Waals surface area (Å²) in [6.07, 6.45) is 4.15. The Bertz CT molecular complexity index is 393. The first-order chi connectivity index (χ1) is 8.61. The first-order valence-corrected chi connectivity index (χ1v) is 7.75. The highest BCUT2D eigenvalue weighted by molar-refractivity contribution is 7.54. The standard InChI is InChI=1S/C11H19N2O4P/c1-3-8-16-18(15,17-9-4-2)10-11(14)13-7-5-6-12-13/h5-7H,3-4,8-10H2,1-2H3. The largest absolute Gasteiger partial charge is 0.340 e. The average molecular weight is 274 g/mol. The van der Waals surface area contributed by atoms with Crippen LogP contribution in [-0.2, 0) is 13.6 Å². The van der Waals surface area contributed by atoms with Gasteiger partial charge in [0.1, 0.15) is 6.16 Å². The predicted octanol–water partition coefficient (Wildman–Crippen LogP) is 2.57. The molecule has 7 heteroatoms. The Morgan fingerprint density at radius 3 is 2.33 bits per heavy atom. The molecule has 18 heavy (non-hydrogen) atoms. The van der Waals surface area contributed by atoms with Crippen molar-refractivity contribution in [1.82, 2.24) is 9.78 Å². The Hall–Kier alpha value is -0.970. The molecule has 1 heterocycles. The molecule has 0 amide bonds. The van der Waals surface area contributed by atoms with Crippen LogP contribution in [0.3, 0.4) is 0 Å². The molecule has 0 fully saturated rings. The van der Waals surface area contributed by atoms with Crippen LogP contribution in [0.15, 0.2) is 18.5 Å². The average Bonchev–Trinajstić information content (AvgIpc) is 2.88. The summed E-state index contributed by atoms with van der Waals surface area (Å²) < 4.78 is 23.9. The van der Waals surface area contributed by atoms with Crippen molar-refractivity contribution in [2.45, 2.75) is 26.7 Å². The Kier molecular flexibility index (Phi) is 6.25. The minimum atomic E-state index is -3.36. The summed E-state index contributed by atoms with van der Waals surface area (Å²) in [4.78, 5) is 11.8. The van der Waals surface area contributed by atoms with Crippen LogP contribution in [0.25, 0.3) is 0 Å². The van der Waals surface area contributed by atoms with E-state index in [1.165, 1.54) is 12.4 Å². The van der Waals surface area contributed by atoms with Gasteiger partial charge < -0.3 is 9.05 Å². The van der Waals surface area contributed by atoms with Crippen molar-refractivity contribution in [3.63, 3.8) is 0 Å². The van der Waals surface area contributed by atoms with Crippen molar-refractivity contribution < 1.29 is 18.4 Å². The van der Waals surface area contributed by atoms with Gasteiger partial charge in [0, 0.05) is 12.4 Å². The molecule has 0 saturated carbocycles. The molecule has 0 bridgehead atoms. The first kappa shape index (κ1) is 15.1. The quantitative estimate of drug-likeness (QED) is 0.681. The Labute approximate surface area is 107 Å². The van der Waals surface area contributed by atoms with Gasteiger partial charge in [0.15, 0.2) is 0 Å². The lowest BCUT2D eigenvalue weighted by Crippen LogP contribution is -2.18. The van der Waals surface area contributed by atoms with Crippen LogP contribution >= 0.6 is 7.60 Å². The van der Waals surface area contributed by atoms with E-state index in [9.17, 15) is 9.36 Å². The molecule has 1 aromatic rings. The van der Waals surface area contributed by atoms with Gasteiger partial charge >= 0.3 is 7.60 Å². The molecule has 0 spiro atoms. The van der Waals surface area contributed by atoms with Gasteiger partial charge in [-0.25, -0.2) is 4.68 Å². The number of rotatable bonds is 8. The van der Waals surface area contributed by atoms with Crippen molar-refractivity contribution in [1.29, 1.82) is 0 Å². The minimum Gasteiger partial charge on any atom is -0.308 e. The van der Waals surface area contributed by atoms with Gasteiger partial charge in [0.25, 0.3) is 5.91 Å². The molecule has 0 atom stereocenters. The van der Waals surface area contributed by atoms with Crippen molar-refractivity contribution in [2.75, 3.05) is 19.4 Å². The van der Waals surface area contributed by atoms with Crippen molar-refractivity contribution in [2.24, 2.45) is 0 Å². The van der Waals surface area contributed by atoms with E-state index in [4.69, 9.17) is 9.05 Å². The summed E-state index contributed by atoms with van der Waals surface area (Å²) in [7, 11) is -3.36. The Balaban J connectivity index is 2.65. The number of hydrogen-bond donors (Lipinski definition) is 0. The van der Waals surface area contributed by atoms with Gasteiger partial charge in [0.2, 0.25) is 0 Å². The SMILES string of the molecule is CCCOP(=O)(CC(=O)n1cccn1)OCCC. The van der Waals surface area contributed by atoms with E-state index in [-0.39, 0.29) is 6.16 Å². The zero-order chi connectivity index (χ0) is 13.4. The molecule has 102 valence electrons. The van der Waals surface area contributed by atoms with Crippen LogP contribution in [0.4, 0.5) is 0 Å². The van der Waals surface area contributed by atoms with Gasteiger partial charge in [0.05, 0.1) is 13.2 Å². The number of hydrogen-bond acceptors (Lipinski definition) is 5. The summed E-state index contributed by atoms with van der Waals surface area (Å²) >= 11 is 0. The molecule has 0 aromatic carbocycles. The lowest BCUT2D eigenvalue weighted by Gasteiger charge is -2.17. The number of carbonyl (C=O) groups is 1. The number of carbonyl (C=O) groups excluding carboxylic acids is 1. The van der Waals surface area contributed by atoms with E-state index >= 15 is 0 Å². The van der Waals surface area contributed by atoms with Crippen molar-refractivity contribution in [3.8, 4) is 0 Å².